The lowest BCUT2D eigenvalue weighted by atomic mass is 9.93. The maximum Gasteiger partial charge on any atom is 0.133 e. The topological polar surface area (TPSA) is 16.6 Å². The summed E-state index contributed by atoms with van der Waals surface area (Å²) in [6.07, 6.45) is 1.32. The fraction of sp³-hybridized carbons (Fsp3) is 0.400. The SMILES string of the molecule is CC1CC[NH2+]c2ccccc21. The molecule has 0 fully saturated rings. The lowest BCUT2D eigenvalue weighted by molar-refractivity contribution is -0.576. The van der Waals surface area contributed by atoms with Crippen LogP contribution in [0, 0.1) is 0 Å². The number of hydrogen-bond donors (Lipinski definition) is 1. The van der Waals surface area contributed by atoms with Gasteiger partial charge in [-0.2, -0.15) is 0 Å². The summed E-state index contributed by atoms with van der Waals surface area (Å²) in [5.41, 5.74) is 2.98. The van der Waals surface area contributed by atoms with Crippen molar-refractivity contribution in [3.63, 3.8) is 0 Å². The minimum atomic E-state index is 0.760. The first-order chi connectivity index (χ1) is 5.38. The Labute approximate surface area is 67.4 Å². The maximum atomic E-state index is 2.34. The van der Waals surface area contributed by atoms with Gasteiger partial charge in [0.2, 0.25) is 0 Å². The molecular weight excluding hydrogens is 134 g/mol. The molecule has 0 bridgehead atoms. The molecule has 0 radical (unpaired) electrons. The Balaban J connectivity index is 2.44. The second kappa shape index (κ2) is 2.67. The van der Waals surface area contributed by atoms with Gasteiger partial charge in [-0.15, -0.1) is 0 Å². The average Bonchev–Trinajstić information content (AvgIpc) is 2.06. The van der Waals surface area contributed by atoms with E-state index in [1.807, 2.05) is 0 Å². The molecule has 11 heavy (non-hydrogen) atoms. The van der Waals surface area contributed by atoms with Crippen LogP contribution in [0.4, 0.5) is 5.69 Å². The fourth-order valence-electron chi connectivity index (χ4n) is 1.79. The van der Waals surface area contributed by atoms with Gasteiger partial charge in [0.25, 0.3) is 0 Å². The summed E-state index contributed by atoms with van der Waals surface area (Å²) < 4.78 is 0. The van der Waals surface area contributed by atoms with Crippen molar-refractivity contribution in [1.29, 1.82) is 0 Å². The van der Waals surface area contributed by atoms with Crippen LogP contribution in [0.1, 0.15) is 24.8 Å². The molecule has 0 saturated carbocycles. The number of nitrogens with two attached hydrogens (primary N) is 1. The highest BCUT2D eigenvalue weighted by Gasteiger charge is 2.17. The van der Waals surface area contributed by atoms with Gasteiger partial charge in [-0.3, -0.25) is 0 Å². The van der Waals surface area contributed by atoms with Gasteiger partial charge in [0.1, 0.15) is 5.69 Å². The molecule has 1 aromatic rings. The maximum absolute atomic E-state index is 2.34. The third-order valence-electron chi connectivity index (χ3n) is 2.49. The van der Waals surface area contributed by atoms with Crippen LogP contribution in [0.25, 0.3) is 0 Å². The molecule has 1 atom stereocenters. The lowest BCUT2D eigenvalue weighted by Crippen LogP contribution is -2.79. The molecule has 1 nitrogen and oxygen atoms in total. The molecule has 1 aliphatic rings. The van der Waals surface area contributed by atoms with E-state index in [1.165, 1.54) is 24.2 Å². The van der Waals surface area contributed by atoms with E-state index in [2.05, 4.69) is 36.5 Å². The molecule has 2 rings (SSSR count). The van der Waals surface area contributed by atoms with Gasteiger partial charge in [0.05, 0.1) is 6.54 Å². The Morgan fingerprint density at radius 1 is 1.36 bits per heavy atom. The summed E-state index contributed by atoms with van der Waals surface area (Å²) in [5, 5.41) is 2.34. The van der Waals surface area contributed by atoms with Crippen LogP contribution in [0.2, 0.25) is 0 Å². The van der Waals surface area contributed by atoms with Gasteiger partial charge < -0.3 is 5.32 Å². The molecule has 2 N–H and O–H groups in total. The van der Waals surface area contributed by atoms with E-state index < -0.39 is 0 Å². The molecule has 0 aromatic heterocycles. The highest BCUT2D eigenvalue weighted by molar-refractivity contribution is 5.41. The van der Waals surface area contributed by atoms with Crippen molar-refractivity contribution in [3.8, 4) is 0 Å². The first-order valence-corrected chi connectivity index (χ1v) is 4.30. The minimum Gasteiger partial charge on any atom is -0.314 e. The first-order valence-electron chi connectivity index (χ1n) is 4.30. The van der Waals surface area contributed by atoms with Crippen LogP contribution in [0.15, 0.2) is 24.3 Å². The standard InChI is InChI=1S/C10H13N/c1-8-6-7-11-10-5-3-2-4-9(8)10/h2-5,8,11H,6-7H2,1H3/p+1. The first kappa shape index (κ1) is 6.86. The van der Waals surface area contributed by atoms with E-state index >= 15 is 0 Å². The number of benzene rings is 1. The predicted octanol–water partition coefficient (Wildman–Crippen LogP) is 1.39. The Morgan fingerprint density at radius 3 is 3.00 bits per heavy atom. The Kier molecular flexibility index (Phi) is 1.66. The summed E-state index contributed by atoms with van der Waals surface area (Å²) >= 11 is 0. The van der Waals surface area contributed by atoms with Crippen molar-refractivity contribution in [2.45, 2.75) is 19.3 Å². The number of hydrogen-bond acceptors (Lipinski definition) is 0. The summed E-state index contributed by atoms with van der Waals surface area (Å²) in [4.78, 5) is 0. The average molecular weight is 148 g/mol. The summed E-state index contributed by atoms with van der Waals surface area (Å²) in [6.45, 7) is 3.56. The highest BCUT2D eigenvalue weighted by Crippen LogP contribution is 2.25. The highest BCUT2D eigenvalue weighted by atomic mass is 14.9. The molecule has 0 spiro atoms. The number of quaternary nitrogens is 1. The molecule has 0 saturated heterocycles. The van der Waals surface area contributed by atoms with Crippen LogP contribution in [0.5, 0.6) is 0 Å². The third kappa shape index (κ3) is 1.16. The number of para-hydroxylation sites is 1. The molecule has 0 aliphatic carbocycles. The summed E-state index contributed by atoms with van der Waals surface area (Å²) in [7, 11) is 0. The van der Waals surface area contributed by atoms with E-state index in [0.29, 0.717) is 0 Å². The van der Waals surface area contributed by atoms with Crippen LogP contribution < -0.4 is 5.32 Å². The van der Waals surface area contributed by atoms with Crippen molar-refractivity contribution in [3.05, 3.63) is 29.8 Å². The van der Waals surface area contributed by atoms with Gasteiger partial charge in [0, 0.05) is 12.0 Å². The third-order valence-corrected chi connectivity index (χ3v) is 2.49. The quantitative estimate of drug-likeness (QED) is 0.535. The monoisotopic (exact) mass is 148 g/mol. The van der Waals surface area contributed by atoms with E-state index in [0.717, 1.165) is 5.92 Å². The second-order valence-electron chi connectivity index (χ2n) is 3.31. The zero-order valence-corrected chi connectivity index (χ0v) is 6.88. The van der Waals surface area contributed by atoms with E-state index in [4.69, 9.17) is 0 Å². The van der Waals surface area contributed by atoms with E-state index in [-0.39, 0.29) is 0 Å². The fourth-order valence-corrected chi connectivity index (χ4v) is 1.79. The van der Waals surface area contributed by atoms with Gasteiger partial charge in [-0.05, 0) is 12.0 Å². The lowest BCUT2D eigenvalue weighted by Gasteiger charge is -2.18. The van der Waals surface area contributed by atoms with Crippen LogP contribution in [0.3, 0.4) is 0 Å². The second-order valence-corrected chi connectivity index (χ2v) is 3.31. The minimum absolute atomic E-state index is 0.760. The van der Waals surface area contributed by atoms with E-state index in [1.54, 1.807) is 0 Å². The Hall–Kier alpha value is -0.820. The van der Waals surface area contributed by atoms with Crippen LogP contribution in [-0.2, 0) is 0 Å². The van der Waals surface area contributed by atoms with E-state index in [9.17, 15) is 0 Å². The zero-order valence-electron chi connectivity index (χ0n) is 6.88. The van der Waals surface area contributed by atoms with Gasteiger partial charge >= 0.3 is 0 Å². The van der Waals surface area contributed by atoms with Crippen LogP contribution in [-0.4, -0.2) is 6.54 Å². The normalized spacial score (nSPS) is 22.8. The van der Waals surface area contributed by atoms with Crippen LogP contribution >= 0.6 is 0 Å². The van der Waals surface area contributed by atoms with Crippen molar-refractivity contribution in [2.75, 3.05) is 6.54 Å². The largest absolute Gasteiger partial charge is 0.314 e. The van der Waals surface area contributed by atoms with Crippen molar-refractivity contribution < 1.29 is 5.32 Å². The Morgan fingerprint density at radius 2 is 2.18 bits per heavy atom. The van der Waals surface area contributed by atoms with Gasteiger partial charge in [-0.25, -0.2) is 0 Å². The molecule has 58 valence electrons. The predicted molar refractivity (Wildman–Crippen MR) is 45.9 cm³/mol. The smallest absolute Gasteiger partial charge is 0.133 e. The molecular formula is C10H14N+. The molecule has 0 amide bonds. The van der Waals surface area contributed by atoms with Crippen molar-refractivity contribution >= 4 is 5.69 Å². The molecule has 1 heterocycles. The van der Waals surface area contributed by atoms with Crippen molar-refractivity contribution in [1.82, 2.24) is 0 Å². The summed E-state index contributed by atoms with van der Waals surface area (Å²) in [5.74, 6) is 0.760. The molecule has 1 aromatic carbocycles. The summed E-state index contributed by atoms with van der Waals surface area (Å²) in [6, 6.07) is 8.71. The number of rotatable bonds is 0. The number of fused-ring (bicyclic) bond motifs is 1. The molecule has 1 aliphatic heterocycles. The zero-order chi connectivity index (χ0) is 7.68. The van der Waals surface area contributed by atoms with Gasteiger partial charge in [0.15, 0.2) is 0 Å². The Bertz CT molecular complexity index is 255. The van der Waals surface area contributed by atoms with Crippen molar-refractivity contribution in [2.24, 2.45) is 0 Å². The molecule has 1 unspecified atom stereocenters. The van der Waals surface area contributed by atoms with Gasteiger partial charge in [-0.1, -0.05) is 25.1 Å². The molecule has 1 heteroatoms.